The van der Waals surface area contributed by atoms with E-state index in [2.05, 4.69) is 20.0 Å². The summed E-state index contributed by atoms with van der Waals surface area (Å²) in [4.78, 5) is 25.2. The molecule has 0 aliphatic carbocycles. The number of amides is 1. The molecule has 1 aromatic carbocycles. The molecule has 1 N–H and O–H groups in total. The van der Waals surface area contributed by atoms with Crippen LogP contribution in [0.4, 0.5) is 13.2 Å². The molecule has 0 saturated heterocycles. The lowest BCUT2D eigenvalue weighted by molar-refractivity contribution is -0.159. The van der Waals surface area contributed by atoms with Crippen LogP contribution in [0.1, 0.15) is 18.4 Å². The Bertz CT molecular complexity index is 758. The number of nitrogens with zero attached hydrogens (tertiary/aromatic N) is 2. The zero-order chi connectivity index (χ0) is 17.2. The monoisotopic (exact) mass is 347 g/mol. The third kappa shape index (κ3) is 4.07. The molecule has 122 valence electrons. The van der Waals surface area contributed by atoms with E-state index < -0.39 is 23.8 Å². The summed E-state index contributed by atoms with van der Waals surface area (Å²) >= 11 is 5.99. The third-order valence-corrected chi connectivity index (χ3v) is 3.09. The van der Waals surface area contributed by atoms with Crippen LogP contribution in [0.15, 0.2) is 22.7 Å². The number of Topliss-reactive ketones (excluding diaryl/α,β-unsaturated/α-hetero) is 1. The van der Waals surface area contributed by atoms with Crippen molar-refractivity contribution >= 4 is 23.3 Å². The molecule has 0 aliphatic rings. The number of hydrogen-bond donors (Lipinski definition) is 1. The van der Waals surface area contributed by atoms with Crippen LogP contribution in [0.2, 0.25) is 5.02 Å². The van der Waals surface area contributed by atoms with Crippen molar-refractivity contribution < 1.29 is 27.3 Å². The van der Waals surface area contributed by atoms with E-state index in [0.29, 0.717) is 5.56 Å². The van der Waals surface area contributed by atoms with Gasteiger partial charge in [-0.15, -0.1) is 0 Å². The van der Waals surface area contributed by atoms with Gasteiger partial charge in [0.1, 0.15) is 0 Å². The van der Waals surface area contributed by atoms with Crippen molar-refractivity contribution in [3.05, 3.63) is 34.7 Å². The molecular formula is C13H9ClF3N3O3. The zero-order valence-electron chi connectivity index (χ0n) is 11.6. The first-order valence-corrected chi connectivity index (χ1v) is 6.54. The summed E-state index contributed by atoms with van der Waals surface area (Å²) in [6.07, 6.45) is -4.73. The molecular weight excluding hydrogens is 339 g/mol. The van der Waals surface area contributed by atoms with Gasteiger partial charge < -0.3 is 9.84 Å². The first kappa shape index (κ1) is 16.9. The van der Waals surface area contributed by atoms with Gasteiger partial charge in [0.2, 0.25) is 11.6 Å². The van der Waals surface area contributed by atoms with Crippen LogP contribution in [-0.4, -0.2) is 21.8 Å². The molecule has 0 spiro atoms. The van der Waals surface area contributed by atoms with Crippen molar-refractivity contribution in [2.75, 3.05) is 0 Å². The van der Waals surface area contributed by atoms with Gasteiger partial charge in [-0.05, 0) is 11.6 Å². The lowest BCUT2D eigenvalue weighted by Gasteiger charge is -2.06. The topological polar surface area (TPSA) is 85.1 Å². The number of carbonyl (C=O) groups excluding carboxylic acids is 2. The fraction of sp³-hybridized carbons (Fsp3) is 0.231. The van der Waals surface area contributed by atoms with E-state index in [4.69, 9.17) is 11.6 Å². The van der Waals surface area contributed by atoms with Crippen molar-refractivity contribution in [2.24, 2.45) is 0 Å². The number of nitrogens with one attached hydrogen (secondary N) is 1. The van der Waals surface area contributed by atoms with Gasteiger partial charge in [-0.25, -0.2) is 0 Å². The van der Waals surface area contributed by atoms with E-state index >= 15 is 0 Å². The van der Waals surface area contributed by atoms with E-state index in [1.54, 1.807) is 0 Å². The fourth-order valence-corrected chi connectivity index (χ4v) is 1.83. The van der Waals surface area contributed by atoms with Crippen molar-refractivity contribution in [3.8, 4) is 11.4 Å². The minimum Gasteiger partial charge on any atom is -0.345 e. The van der Waals surface area contributed by atoms with Crippen molar-refractivity contribution in [1.29, 1.82) is 0 Å². The normalized spacial score (nSPS) is 11.3. The molecule has 0 saturated carbocycles. The lowest BCUT2D eigenvalue weighted by atomic mass is 10.1. The minimum absolute atomic E-state index is 0.00241. The Balaban J connectivity index is 2.17. The van der Waals surface area contributed by atoms with Gasteiger partial charge in [-0.1, -0.05) is 28.9 Å². The van der Waals surface area contributed by atoms with Gasteiger partial charge in [-0.3, -0.25) is 9.59 Å². The van der Waals surface area contributed by atoms with Gasteiger partial charge in [0, 0.05) is 24.1 Å². The molecule has 0 radical (unpaired) electrons. The van der Waals surface area contributed by atoms with Crippen LogP contribution >= 0.6 is 11.6 Å². The molecule has 2 rings (SSSR count). The van der Waals surface area contributed by atoms with Crippen LogP contribution in [0.3, 0.4) is 0 Å². The maximum atomic E-state index is 12.4. The molecule has 1 aromatic heterocycles. The summed E-state index contributed by atoms with van der Waals surface area (Å²) in [6.45, 7) is 1.12. The number of benzene rings is 1. The van der Waals surface area contributed by atoms with Gasteiger partial charge >= 0.3 is 12.1 Å². The minimum atomic E-state index is -4.73. The molecule has 6 nitrogen and oxygen atoms in total. The Kier molecular flexibility index (Phi) is 4.69. The van der Waals surface area contributed by atoms with E-state index in [1.165, 1.54) is 18.2 Å². The van der Waals surface area contributed by atoms with Crippen molar-refractivity contribution in [1.82, 2.24) is 15.5 Å². The highest BCUT2D eigenvalue weighted by Crippen LogP contribution is 2.30. The standard InChI is InChI=1S/C13H9ClF3N3O3/c1-6(21)11(22)18-5-8-3-2-7(4-9(8)14)10-19-12(23-20-10)13(15,16)17/h2-4H,5H2,1H3,(H,18,22). The van der Waals surface area contributed by atoms with E-state index in [-0.39, 0.29) is 23.0 Å². The zero-order valence-corrected chi connectivity index (χ0v) is 12.3. The quantitative estimate of drug-likeness (QED) is 0.859. The summed E-state index contributed by atoms with van der Waals surface area (Å²) in [5.41, 5.74) is 0.695. The van der Waals surface area contributed by atoms with E-state index in [9.17, 15) is 22.8 Å². The van der Waals surface area contributed by atoms with Crippen LogP contribution in [0.5, 0.6) is 0 Å². The maximum absolute atomic E-state index is 12.4. The second-order valence-electron chi connectivity index (χ2n) is 4.47. The molecule has 1 heterocycles. The van der Waals surface area contributed by atoms with Gasteiger partial charge in [0.25, 0.3) is 5.91 Å². The molecule has 0 atom stereocenters. The molecule has 0 fully saturated rings. The Morgan fingerprint density at radius 1 is 1.35 bits per heavy atom. The van der Waals surface area contributed by atoms with Crippen LogP contribution in [-0.2, 0) is 22.3 Å². The molecule has 1 amide bonds. The molecule has 0 aliphatic heterocycles. The number of halogens is 4. The fourth-order valence-electron chi connectivity index (χ4n) is 1.59. The SMILES string of the molecule is CC(=O)C(=O)NCc1ccc(-c2noc(C(F)(F)F)n2)cc1Cl. The number of aromatic nitrogens is 2. The number of ketones is 1. The highest BCUT2D eigenvalue weighted by Gasteiger charge is 2.38. The van der Waals surface area contributed by atoms with Gasteiger partial charge in [-0.2, -0.15) is 18.2 Å². The van der Waals surface area contributed by atoms with Crippen LogP contribution in [0, 0.1) is 0 Å². The highest BCUT2D eigenvalue weighted by atomic mass is 35.5. The summed E-state index contributed by atoms with van der Waals surface area (Å²) in [5.74, 6) is -3.14. The summed E-state index contributed by atoms with van der Waals surface area (Å²) in [7, 11) is 0. The Hall–Kier alpha value is -2.42. The Labute approximate surface area is 132 Å². The van der Waals surface area contributed by atoms with E-state index in [1.807, 2.05) is 0 Å². The number of carbonyl (C=O) groups is 2. The molecule has 2 aromatic rings. The average molecular weight is 348 g/mol. The van der Waals surface area contributed by atoms with Crippen LogP contribution < -0.4 is 5.32 Å². The molecule has 23 heavy (non-hydrogen) atoms. The summed E-state index contributed by atoms with van der Waals surface area (Å²) in [6, 6.07) is 4.23. The second-order valence-corrected chi connectivity index (χ2v) is 4.87. The Morgan fingerprint density at radius 3 is 2.57 bits per heavy atom. The number of hydrogen-bond acceptors (Lipinski definition) is 5. The molecule has 0 unspecified atom stereocenters. The van der Waals surface area contributed by atoms with Gasteiger partial charge in [0.05, 0.1) is 0 Å². The van der Waals surface area contributed by atoms with E-state index in [0.717, 1.165) is 6.92 Å². The number of rotatable bonds is 4. The Morgan fingerprint density at radius 2 is 2.04 bits per heavy atom. The smallest absolute Gasteiger partial charge is 0.345 e. The predicted octanol–water partition coefficient (Wildman–Crippen LogP) is 2.61. The molecule has 0 bridgehead atoms. The highest BCUT2D eigenvalue weighted by molar-refractivity contribution is 6.35. The average Bonchev–Trinajstić information content (AvgIpc) is 2.95. The summed E-state index contributed by atoms with van der Waals surface area (Å²) in [5, 5.41) is 5.76. The number of alkyl halides is 3. The first-order valence-electron chi connectivity index (χ1n) is 6.17. The maximum Gasteiger partial charge on any atom is 0.471 e. The predicted molar refractivity (Wildman–Crippen MR) is 72.3 cm³/mol. The van der Waals surface area contributed by atoms with Crippen molar-refractivity contribution in [3.63, 3.8) is 0 Å². The van der Waals surface area contributed by atoms with Gasteiger partial charge in [0.15, 0.2) is 0 Å². The lowest BCUT2D eigenvalue weighted by Crippen LogP contribution is -2.28. The first-order chi connectivity index (χ1) is 10.7. The molecule has 10 heteroatoms. The van der Waals surface area contributed by atoms with Crippen molar-refractivity contribution in [2.45, 2.75) is 19.6 Å². The second kappa shape index (κ2) is 6.37. The third-order valence-electron chi connectivity index (χ3n) is 2.74. The largest absolute Gasteiger partial charge is 0.471 e. The van der Waals surface area contributed by atoms with Crippen LogP contribution in [0.25, 0.3) is 11.4 Å². The summed E-state index contributed by atoms with van der Waals surface area (Å²) < 4.78 is 41.4.